The van der Waals surface area contributed by atoms with Gasteiger partial charge < -0.3 is 19.9 Å². The van der Waals surface area contributed by atoms with Crippen molar-refractivity contribution in [1.29, 1.82) is 0 Å². The molecular weight excluding hydrogens is 721 g/mol. The minimum atomic E-state index is -1.05. The molecule has 0 heterocycles. The van der Waals surface area contributed by atoms with Gasteiger partial charge in [0.25, 0.3) is 0 Å². The fraction of sp³-hybridized carbons (Fsp3) is 0.362. The van der Waals surface area contributed by atoms with Crippen LogP contribution in [0, 0.1) is 11.3 Å². The number of carbonyl (C=O) groups excluding carboxylic acids is 3. The SMILES string of the molecule is CC(C)CC(=Nc1ccc(COC(=O)[C@H](CSC(c2ccccc2)(c2ccccc2)c2ccccc2)NC(=O)OC(C)(C)C)cc1)C1=C(O)CC(C)(C)CC1=O. The Bertz CT molecular complexity index is 1920. The summed E-state index contributed by atoms with van der Waals surface area (Å²) in [5.41, 5.74) is 4.23. The molecule has 8 nitrogen and oxygen atoms in total. The highest BCUT2D eigenvalue weighted by atomic mass is 32.2. The maximum absolute atomic E-state index is 14.0. The molecular formula is C47H54N2O6S. The molecule has 1 atom stereocenters. The van der Waals surface area contributed by atoms with E-state index >= 15 is 0 Å². The Hall–Kier alpha value is -5.15. The predicted molar refractivity (Wildman–Crippen MR) is 225 cm³/mol. The molecule has 1 amide bonds. The highest BCUT2D eigenvalue weighted by Crippen LogP contribution is 2.48. The lowest BCUT2D eigenvalue weighted by Crippen LogP contribution is -2.46. The number of aliphatic hydroxyl groups is 1. The standard InChI is InChI=1S/C47H54N2O6S/c1-32(2)27-38(42-40(50)28-46(6,7)29-41(42)51)48-37-25-23-33(24-26-37)30-54-43(52)39(49-44(53)55-45(3,4)5)31-56-47(34-17-11-8-12-18-34,35-19-13-9-14-20-35)36-21-15-10-16-22-36/h8-26,32,39,50H,27-31H2,1-7H3,(H,49,53)/t39-/m0/s1. The first-order valence-corrected chi connectivity index (χ1v) is 20.1. The van der Waals surface area contributed by atoms with Crippen LogP contribution >= 0.6 is 11.8 Å². The molecule has 2 N–H and O–H groups in total. The second kappa shape index (κ2) is 18.2. The van der Waals surface area contributed by atoms with Gasteiger partial charge in [-0.15, -0.1) is 11.8 Å². The molecule has 0 spiro atoms. The molecule has 0 unspecified atom stereocenters. The van der Waals surface area contributed by atoms with Crippen LogP contribution in [0.5, 0.6) is 0 Å². The lowest BCUT2D eigenvalue weighted by molar-refractivity contribution is -0.146. The second-order valence-electron chi connectivity index (χ2n) is 16.5. The lowest BCUT2D eigenvalue weighted by atomic mass is 9.75. The van der Waals surface area contributed by atoms with Crippen LogP contribution in [-0.2, 0) is 30.4 Å². The van der Waals surface area contributed by atoms with Crippen LogP contribution in [0.1, 0.15) is 90.0 Å². The fourth-order valence-electron chi connectivity index (χ4n) is 6.88. The van der Waals surface area contributed by atoms with Crippen molar-refractivity contribution in [3.8, 4) is 0 Å². The van der Waals surface area contributed by atoms with Gasteiger partial charge in [-0.2, -0.15) is 0 Å². The van der Waals surface area contributed by atoms with Crippen LogP contribution in [0.3, 0.4) is 0 Å². The predicted octanol–water partition coefficient (Wildman–Crippen LogP) is 10.7. The van der Waals surface area contributed by atoms with E-state index < -0.39 is 28.5 Å². The van der Waals surface area contributed by atoms with Crippen molar-refractivity contribution in [2.75, 3.05) is 5.75 Å². The maximum atomic E-state index is 14.0. The van der Waals surface area contributed by atoms with Crippen LogP contribution in [0.25, 0.3) is 0 Å². The maximum Gasteiger partial charge on any atom is 0.408 e. The van der Waals surface area contributed by atoms with Crippen molar-refractivity contribution in [2.45, 2.75) is 90.7 Å². The molecule has 1 aliphatic rings. The summed E-state index contributed by atoms with van der Waals surface area (Å²) in [4.78, 5) is 45.1. The van der Waals surface area contributed by atoms with Gasteiger partial charge in [0.15, 0.2) is 5.78 Å². The Morgan fingerprint density at radius 3 is 1.80 bits per heavy atom. The van der Waals surface area contributed by atoms with E-state index in [0.717, 1.165) is 22.3 Å². The van der Waals surface area contributed by atoms with E-state index in [1.807, 2.05) is 80.6 Å². The van der Waals surface area contributed by atoms with E-state index in [2.05, 4.69) is 55.6 Å². The fourth-order valence-corrected chi connectivity index (χ4v) is 8.42. The summed E-state index contributed by atoms with van der Waals surface area (Å²) < 4.78 is 10.7. The number of benzene rings is 4. The van der Waals surface area contributed by atoms with Gasteiger partial charge in [-0.25, -0.2) is 9.59 Å². The number of hydrogen-bond donors (Lipinski definition) is 2. The van der Waals surface area contributed by atoms with E-state index in [9.17, 15) is 19.5 Å². The van der Waals surface area contributed by atoms with Crippen molar-refractivity contribution < 1.29 is 29.0 Å². The average molecular weight is 775 g/mol. The number of hydrogen-bond acceptors (Lipinski definition) is 8. The molecule has 0 fully saturated rings. The van der Waals surface area contributed by atoms with E-state index in [4.69, 9.17) is 14.5 Å². The summed E-state index contributed by atoms with van der Waals surface area (Å²) in [5, 5.41) is 13.7. The third-order valence-corrected chi connectivity index (χ3v) is 10.9. The van der Waals surface area contributed by atoms with Gasteiger partial charge >= 0.3 is 12.1 Å². The zero-order valence-corrected chi connectivity index (χ0v) is 34.3. The average Bonchev–Trinajstić information content (AvgIpc) is 3.13. The van der Waals surface area contributed by atoms with Crippen molar-refractivity contribution >= 4 is 41.0 Å². The zero-order valence-electron chi connectivity index (χ0n) is 33.5. The lowest BCUT2D eigenvalue weighted by Gasteiger charge is -2.36. The van der Waals surface area contributed by atoms with Crippen LogP contribution in [-0.4, -0.2) is 46.1 Å². The number of allylic oxidation sites excluding steroid dienone is 2. The van der Waals surface area contributed by atoms with E-state index in [1.165, 1.54) is 11.8 Å². The number of alkyl carbamates (subject to hydrolysis) is 1. The van der Waals surface area contributed by atoms with Crippen LogP contribution in [0.4, 0.5) is 10.5 Å². The Morgan fingerprint density at radius 2 is 1.34 bits per heavy atom. The summed E-state index contributed by atoms with van der Waals surface area (Å²) in [6.07, 6.45) is 0.589. The van der Waals surface area contributed by atoms with Crippen molar-refractivity contribution in [2.24, 2.45) is 16.3 Å². The van der Waals surface area contributed by atoms with E-state index in [-0.39, 0.29) is 35.2 Å². The molecule has 1 aliphatic carbocycles. The second-order valence-corrected chi connectivity index (χ2v) is 17.7. The normalized spacial score (nSPS) is 15.4. The first-order valence-electron chi connectivity index (χ1n) is 19.2. The number of Topliss-reactive ketones (excluding diaryl/α,β-unsaturated/α-hetero) is 1. The number of amides is 1. The monoisotopic (exact) mass is 774 g/mol. The number of nitrogens with one attached hydrogen (secondary N) is 1. The summed E-state index contributed by atoms with van der Waals surface area (Å²) in [6, 6.07) is 36.6. The summed E-state index contributed by atoms with van der Waals surface area (Å²) in [6.45, 7) is 13.3. The van der Waals surface area contributed by atoms with Gasteiger partial charge in [0.2, 0.25) is 0 Å². The number of rotatable bonds is 14. The van der Waals surface area contributed by atoms with Gasteiger partial charge in [-0.3, -0.25) is 9.79 Å². The zero-order chi connectivity index (χ0) is 40.5. The van der Waals surface area contributed by atoms with Crippen molar-refractivity contribution in [1.82, 2.24) is 5.32 Å². The smallest absolute Gasteiger partial charge is 0.408 e. The van der Waals surface area contributed by atoms with Crippen LogP contribution < -0.4 is 5.32 Å². The van der Waals surface area contributed by atoms with Gasteiger partial charge in [0, 0.05) is 18.6 Å². The van der Waals surface area contributed by atoms with Gasteiger partial charge in [-0.05, 0) is 72.9 Å². The summed E-state index contributed by atoms with van der Waals surface area (Å²) in [5.74, 6) is -0.219. The number of nitrogens with zero attached hydrogens (tertiary/aromatic N) is 1. The molecule has 5 rings (SSSR count). The molecule has 0 aliphatic heterocycles. The number of thioether (sulfide) groups is 1. The number of ketones is 1. The number of aliphatic hydroxyl groups excluding tert-OH is 1. The molecule has 4 aromatic carbocycles. The Labute approximate surface area is 335 Å². The highest BCUT2D eigenvalue weighted by Gasteiger charge is 2.39. The number of esters is 1. The summed E-state index contributed by atoms with van der Waals surface area (Å²) >= 11 is 1.54. The molecule has 0 saturated carbocycles. The molecule has 4 aromatic rings. The molecule has 9 heteroatoms. The van der Waals surface area contributed by atoms with Crippen molar-refractivity contribution in [3.63, 3.8) is 0 Å². The molecule has 294 valence electrons. The largest absolute Gasteiger partial charge is 0.511 e. The number of carbonyl (C=O) groups is 3. The van der Waals surface area contributed by atoms with E-state index in [1.54, 1.807) is 32.9 Å². The Balaban J connectivity index is 1.40. The van der Waals surface area contributed by atoms with Crippen molar-refractivity contribution in [3.05, 3.63) is 149 Å². The Kier molecular flexibility index (Phi) is 13.6. The number of ether oxygens (including phenoxy) is 2. The highest BCUT2D eigenvalue weighted by molar-refractivity contribution is 8.00. The molecule has 0 radical (unpaired) electrons. The molecule has 0 bridgehead atoms. The van der Waals surface area contributed by atoms with E-state index in [0.29, 0.717) is 36.2 Å². The quantitative estimate of drug-likeness (QED) is 0.0745. The van der Waals surface area contributed by atoms with Crippen LogP contribution in [0.2, 0.25) is 0 Å². The first-order chi connectivity index (χ1) is 26.6. The Morgan fingerprint density at radius 1 is 0.821 bits per heavy atom. The molecule has 0 aromatic heterocycles. The van der Waals surface area contributed by atoms with Gasteiger partial charge in [0.1, 0.15) is 24.0 Å². The topological polar surface area (TPSA) is 114 Å². The van der Waals surface area contributed by atoms with Crippen LogP contribution in [0.15, 0.2) is 132 Å². The molecule has 0 saturated heterocycles. The third kappa shape index (κ3) is 11.0. The minimum absolute atomic E-state index is 0.0421. The number of aliphatic imine (C=N–C) groups is 1. The van der Waals surface area contributed by atoms with Gasteiger partial charge in [-0.1, -0.05) is 131 Å². The van der Waals surface area contributed by atoms with Gasteiger partial charge in [0.05, 0.1) is 21.7 Å². The third-order valence-electron chi connectivity index (χ3n) is 9.31. The summed E-state index contributed by atoms with van der Waals surface area (Å²) in [7, 11) is 0. The minimum Gasteiger partial charge on any atom is -0.511 e. The molecule has 56 heavy (non-hydrogen) atoms. The first kappa shape index (κ1) is 42.0.